The van der Waals surface area contributed by atoms with Gasteiger partial charge in [-0.3, -0.25) is 9.11 Å². The number of phenols is 1. The van der Waals surface area contributed by atoms with Gasteiger partial charge in [-0.1, -0.05) is 23.2 Å². The third kappa shape index (κ3) is 4.33. The van der Waals surface area contributed by atoms with E-state index in [1.807, 2.05) is 0 Å². The number of anilines is 1. The van der Waals surface area contributed by atoms with Crippen molar-refractivity contribution in [2.45, 2.75) is 9.79 Å². The molecule has 0 saturated carbocycles. The molecule has 14 heteroatoms. The lowest BCUT2D eigenvalue weighted by molar-refractivity contribution is 0.471. The van der Waals surface area contributed by atoms with Gasteiger partial charge in [0.1, 0.15) is 22.0 Å². The molecule has 158 valence electrons. The van der Waals surface area contributed by atoms with Gasteiger partial charge in [0.25, 0.3) is 20.2 Å². The Morgan fingerprint density at radius 3 is 2.17 bits per heavy atom. The van der Waals surface area contributed by atoms with Crippen LogP contribution in [0.4, 0.5) is 17.1 Å². The second-order valence-corrected chi connectivity index (χ2v) is 9.58. The minimum atomic E-state index is -4.92. The Balaban J connectivity index is 2.36. The molecule has 0 atom stereocenters. The Morgan fingerprint density at radius 1 is 0.900 bits per heavy atom. The average molecular weight is 492 g/mol. The predicted octanol–water partition coefficient (Wildman–Crippen LogP) is 4.34. The van der Waals surface area contributed by atoms with E-state index in [4.69, 9.17) is 28.9 Å². The maximum absolute atomic E-state index is 11.9. The van der Waals surface area contributed by atoms with Gasteiger partial charge < -0.3 is 10.8 Å². The number of nitrogens with zero attached hydrogens (tertiary/aromatic N) is 2. The second kappa shape index (κ2) is 7.65. The molecule has 30 heavy (non-hydrogen) atoms. The highest BCUT2D eigenvalue weighted by Gasteiger charge is 2.24. The van der Waals surface area contributed by atoms with Gasteiger partial charge in [0.05, 0.1) is 15.6 Å². The van der Waals surface area contributed by atoms with Gasteiger partial charge in [-0.15, -0.1) is 10.2 Å². The topological polar surface area (TPSA) is 180 Å². The first-order valence-electron chi connectivity index (χ1n) is 7.70. The van der Waals surface area contributed by atoms with E-state index in [0.717, 1.165) is 18.2 Å². The number of aromatic hydroxyl groups is 1. The molecule has 0 aromatic heterocycles. The molecular weight excluding hydrogens is 481 g/mol. The monoisotopic (exact) mass is 491 g/mol. The van der Waals surface area contributed by atoms with Gasteiger partial charge >= 0.3 is 0 Å². The lowest BCUT2D eigenvalue weighted by atomic mass is 10.1. The van der Waals surface area contributed by atoms with E-state index < -0.39 is 47.2 Å². The number of nitrogens with two attached hydrogens (primary N) is 1. The van der Waals surface area contributed by atoms with Crippen molar-refractivity contribution in [1.82, 2.24) is 0 Å². The van der Waals surface area contributed by atoms with Crippen molar-refractivity contribution in [3.63, 3.8) is 0 Å². The summed E-state index contributed by atoms with van der Waals surface area (Å²) in [6.07, 6.45) is 0. The van der Waals surface area contributed by atoms with Gasteiger partial charge in [0.15, 0.2) is 0 Å². The van der Waals surface area contributed by atoms with Crippen molar-refractivity contribution in [2.24, 2.45) is 10.2 Å². The smallest absolute Gasteiger partial charge is 0.296 e. The molecule has 3 aromatic carbocycles. The molecule has 0 radical (unpaired) electrons. The number of hydrogen-bond acceptors (Lipinski definition) is 8. The van der Waals surface area contributed by atoms with Crippen LogP contribution in [0.1, 0.15) is 0 Å². The van der Waals surface area contributed by atoms with E-state index in [0.29, 0.717) is 0 Å². The Morgan fingerprint density at radius 2 is 1.57 bits per heavy atom. The zero-order chi connectivity index (χ0) is 22.4. The van der Waals surface area contributed by atoms with Crippen molar-refractivity contribution >= 4 is 71.3 Å². The van der Waals surface area contributed by atoms with Crippen LogP contribution in [0.25, 0.3) is 10.8 Å². The summed E-state index contributed by atoms with van der Waals surface area (Å²) in [5.74, 6) is -0.684. The molecule has 0 aliphatic rings. The number of fused-ring (bicyclic) bond motifs is 1. The van der Waals surface area contributed by atoms with Crippen LogP contribution in [-0.4, -0.2) is 31.0 Å². The van der Waals surface area contributed by atoms with Crippen LogP contribution in [-0.2, 0) is 20.2 Å². The Bertz CT molecular complexity index is 1440. The molecule has 0 heterocycles. The number of benzene rings is 3. The summed E-state index contributed by atoms with van der Waals surface area (Å²) < 4.78 is 65.3. The van der Waals surface area contributed by atoms with Crippen LogP contribution in [0.5, 0.6) is 5.75 Å². The minimum Gasteiger partial charge on any atom is -0.507 e. The van der Waals surface area contributed by atoms with Gasteiger partial charge in [-0.25, -0.2) is 0 Å². The first-order valence-corrected chi connectivity index (χ1v) is 11.3. The summed E-state index contributed by atoms with van der Waals surface area (Å²) in [7, 11) is -9.64. The molecule has 0 fully saturated rings. The van der Waals surface area contributed by atoms with Crippen LogP contribution in [0.2, 0.25) is 10.0 Å². The highest BCUT2D eigenvalue weighted by Crippen LogP contribution is 2.43. The van der Waals surface area contributed by atoms with Gasteiger partial charge in [0.2, 0.25) is 0 Å². The molecule has 0 unspecified atom stereocenters. The summed E-state index contributed by atoms with van der Waals surface area (Å²) in [6.45, 7) is 0. The van der Waals surface area contributed by atoms with E-state index in [1.54, 1.807) is 0 Å². The minimum absolute atomic E-state index is 0.0656. The fourth-order valence-corrected chi connectivity index (χ4v) is 4.13. The third-order valence-corrected chi connectivity index (χ3v) is 6.16. The van der Waals surface area contributed by atoms with Gasteiger partial charge in [-0.2, -0.15) is 16.8 Å². The zero-order valence-electron chi connectivity index (χ0n) is 14.5. The molecule has 0 bridgehead atoms. The van der Waals surface area contributed by atoms with E-state index in [1.165, 1.54) is 18.2 Å². The van der Waals surface area contributed by atoms with Gasteiger partial charge in [0, 0.05) is 16.5 Å². The van der Waals surface area contributed by atoms with Crippen molar-refractivity contribution in [3.05, 3.63) is 46.4 Å². The van der Waals surface area contributed by atoms with E-state index >= 15 is 0 Å². The fraction of sp³-hybridized carbons (Fsp3) is 0. The normalized spacial score (nSPS) is 12.7. The quantitative estimate of drug-likeness (QED) is 0.236. The number of halogens is 2. The van der Waals surface area contributed by atoms with Crippen LogP contribution in [0, 0.1) is 0 Å². The van der Waals surface area contributed by atoms with Crippen LogP contribution < -0.4 is 5.73 Å². The molecule has 0 aliphatic heterocycles. The third-order valence-electron chi connectivity index (χ3n) is 3.91. The molecule has 0 aliphatic carbocycles. The highest BCUT2D eigenvalue weighted by molar-refractivity contribution is 7.86. The first kappa shape index (κ1) is 22.2. The summed E-state index contributed by atoms with van der Waals surface area (Å²) in [4.78, 5) is -1.53. The Labute approximate surface area is 180 Å². The number of nitrogen functional groups attached to an aromatic ring is 1. The van der Waals surface area contributed by atoms with Crippen LogP contribution in [0.15, 0.2) is 56.4 Å². The SMILES string of the molecule is Nc1c(N=Nc2cc(Cl)ccc2Cl)c(S(=O)(=O)O)cc2cc(S(=O)(=O)O)cc(O)c12. The van der Waals surface area contributed by atoms with E-state index in [2.05, 4.69) is 10.2 Å². The number of azo groups is 1. The number of hydrogen-bond donors (Lipinski definition) is 4. The van der Waals surface area contributed by atoms with Gasteiger partial charge in [-0.05, 0) is 35.7 Å². The lowest BCUT2D eigenvalue weighted by Crippen LogP contribution is -2.03. The zero-order valence-corrected chi connectivity index (χ0v) is 17.6. The molecule has 3 rings (SSSR count). The van der Waals surface area contributed by atoms with Crippen LogP contribution in [0.3, 0.4) is 0 Å². The molecule has 0 amide bonds. The molecular formula is C16H11Cl2N3O7S2. The highest BCUT2D eigenvalue weighted by atomic mass is 35.5. The summed E-state index contributed by atoms with van der Waals surface area (Å²) in [6, 6.07) is 6.66. The predicted molar refractivity (Wildman–Crippen MR) is 110 cm³/mol. The molecule has 0 spiro atoms. The van der Waals surface area contributed by atoms with Crippen molar-refractivity contribution in [2.75, 3.05) is 5.73 Å². The largest absolute Gasteiger partial charge is 0.507 e. The second-order valence-electron chi connectivity index (χ2n) is 5.92. The Hall–Kier alpha value is -2.48. The van der Waals surface area contributed by atoms with Crippen molar-refractivity contribution < 1.29 is 31.0 Å². The molecule has 0 saturated heterocycles. The van der Waals surface area contributed by atoms with Crippen molar-refractivity contribution in [1.29, 1.82) is 0 Å². The fourth-order valence-electron chi connectivity index (χ4n) is 2.60. The summed E-state index contributed by atoms with van der Waals surface area (Å²) >= 11 is 11.8. The van der Waals surface area contributed by atoms with Crippen molar-refractivity contribution in [3.8, 4) is 5.75 Å². The molecule has 10 nitrogen and oxygen atoms in total. The van der Waals surface area contributed by atoms with E-state index in [-0.39, 0.29) is 26.5 Å². The summed E-state index contributed by atoms with van der Waals surface area (Å²) in [5, 5.41) is 17.8. The maximum Gasteiger partial charge on any atom is 0.296 e. The number of phenolic OH excluding ortho intramolecular Hbond substituents is 1. The average Bonchev–Trinajstić information content (AvgIpc) is 2.61. The van der Waals surface area contributed by atoms with E-state index in [9.17, 15) is 31.0 Å². The lowest BCUT2D eigenvalue weighted by Gasteiger charge is -2.12. The Kier molecular flexibility index (Phi) is 5.66. The maximum atomic E-state index is 11.9. The summed E-state index contributed by atoms with van der Waals surface area (Å²) in [5.41, 5.74) is 5.05. The first-order chi connectivity index (χ1) is 13.8. The molecule has 3 aromatic rings. The van der Waals surface area contributed by atoms with Crippen LogP contribution >= 0.6 is 23.2 Å². The number of rotatable bonds is 4. The standard InChI is InChI=1S/C16H11Cl2N3O7S2/c17-8-1-2-10(18)11(5-8)20-21-16-13(30(26,27)28)4-7-3-9(29(23,24)25)6-12(22)14(7)15(16)19/h1-6,22H,19H2,(H,23,24,25)(H,26,27,28). The molecule has 5 N–H and O–H groups in total.